The number of fused-ring (bicyclic) bond motifs is 1. The number of oxime groups is 1. The molecule has 2 N–H and O–H groups in total. The predicted molar refractivity (Wildman–Crippen MR) is 50.4 cm³/mol. The Kier molecular flexibility index (Phi) is 1.20. The van der Waals surface area contributed by atoms with Gasteiger partial charge in [0.2, 0.25) is 0 Å². The topological polar surface area (TPSA) is 47.6 Å². The van der Waals surface area contributed by atoms with Crippen LogP contribution in [0.15, 0.2) is 29.4 Å². The van der Waals surface area contributed by atoms with Crippen molar-refractivity contribution >= 4 is 11.4 Å². The molecule has 2 atom stereocenters. The molecular formula is C10H10N2O. The molecule has 1 aromatic carbocycles. The van der Waals surface area contributed by atoms with Crippen LogP contribution in [0.1, 0.15) is 12.0 Å². The monoisotopic (exact) mass is 174 g/mol. The summed E-state index contributed by atoms with van der Waals surface area (Å²) in [5, 5.41) is 4.03. The lowest BCUT2D eigenvalue weighted by Gasteiger charge is -2.03. The van der Waals surface area contributed by atoms with Crippen LogP contribution in [0.25, 0.3) is 0 Å². The van der Waals surface area contributed by atoms with Gasteiger partial charge in [0.1, 0.15) is 6.10 Å². The van der Waals surface area contributed by atoms with Crippen molar-refractivity contribution in [2.24, 2.45) is 11.1 Å². The second kappa shape index (κ2) is 2.25. The molecule has 1 aliphatic carbocycles. The highest BCUT2D eigenvalue weighted by molar-refractivity contribution is 6.08. The molecule has 0 amide bonds. The fourth-order valence-electron chi connectivity index (χ4n) is 1.75. The van der Waals surface area contributed by atoms with Gasteiger partial charge in [-0.2, -0.15) is 0 Å². The number of nitrogen functional groups attached to an aromatic ring is 1. The fraction of sp³-hybridized carbons (Fsp3) is 0.300. The van der Waals surface area contributed by atoms with Gasteiger partial charge in [-0.1, -0.05) is 23.4 Å². The third-order valence-corrected chi connectivity index (χ3v) is 2.61. The lowest BCUT2D eigenvalue weighted by molar-refractivity contribution is 0.140. The molecule has 0 spiro atoms. The second-order valence-corrected chi connectivity index (χ2v) is 3.55. The van der Waals surface area contributed by atoms with E-state index in [4.69, 9.17) is 10.6 Å². The highest BCUT2D eigenvalue weighted by Gasteiger charge is 2.49. The summed E-state index contributed by atoms with van der Waals surface area (Å²) in [4.78, 5) is 5.18. The Morgan fingerprint density at radius 1 is 1.38 bits per heavy atom. The standard InChI is InChI=1S/C10H10N2O/c11-8-4-2-1-3-6(8)10-7-5-9(7)13-12-10/h1-4,7,9H,5,11H2/t7-,9+/m0/s1. The number of nitrogens with zero attached hydrogens (tertiary/aromatic N) is 1. The number of nitrogens with two attached hydrogens (primary N) is 1. The van der Waals surface area contributed by atoms with Gasteiger partial charge >= 0.3 is 0 Å². The molecule has 3 nitrogen and oxygen atoms in total. The van der Waals surface area contributed by atoms with E-state index in [1.165, 1.54) is 0 Å². The molecule has 0 unspecified atom stereocenters. The molecule has 2 aliphatic rings. The third-order valence-electron chi connectivity index (χ3n) is 2.61. The average molecular weight is 174 g/mol. The van der Waals surface area contributed by atoms with Crippen molar-refractivity contribution in [2.45, 2.75) is 12.5 Å². The Morgan fingerprint density at radius 2 is 2.23 bits per heavy atom. The van der Waals surface area contributed by atoms with Crippen molar-refractivity contribution in [2.75, 3.05) is 5.73 Å². The summed E-state index contributed by atoms with van der Waals surface area (Å²) in [6.45, 7) is 0. The number of benzene rings is 1. The molecular weight excluding hydrogens is 164 g/mol. The van der Waals surface area contributed by atoms with E-state index in [9.17, 15) is 0 Å². The first-order valence-corrected chi connectivity index (χ1v) is 4.45. The van der Waals surface area contributed by atoms with Gasteiger partial charge in [-0.3, -0.25) is 0 Å². The molecule has 1 saturated carbocycles. The van der Waals surface area contributed by atoms with E-state index in [-0.39, 0.29) is 0 Å². The number of anilines is 1. The van der Waals surface area contributed by atoms with Gasteiger partial charge in [0, 0.05) is 17.2 Å². The highest BCUT2D eigenvalue weighted by Crippen LogP contribution is 2.42. The molecule has 3 heteroatoms. The minimum atomic E-state index is 0.342. The molecule has 1 fully saturated rings. The maximum Gasteiger partial charge on any atom is 0.137 e. The van der Waals surface area contributed by atoms with Crippen molar-refractivity contribution < 1.29 is 4.84 Å². The van der Waals surface area contributed by atoms with Crippen LogP contribution >= 0.6 is 0 Å². The second-order valence-electron chi connectivity index (χ2n) is 3.55. The van der Waals surface area contributed by atoms with Crippen molar-refractivity contribution in [1.29, 1.82) is 0 Å². The molecule has 0 aromatic heterocycles. The lowest BCUT2D eigenvalue weighted by Crippen LogP contribution is -2.05. The van der Waals surface area contributed by atoms with Crippen molar-refractivity contribution in [1.82, 2.24) is 0 Å². The van der Waals surface area contributed by atoms with E-state index in [1.807, 2.05) is 24.3 Å². The molecule has 13 heavy (non-hydrogen) atoms. The minimum Gasteiger partial charge on any atom is -0.398 e. The van der Waals surface area contributed by atoms with Crippen LogP contribution in [0.2, 0.25) is 0 Å². The molecule has 0 saturated heterocycles. The Labute approximate surface area is 76.2 Å². The summed E-state index contributed by atoms with van der Waals surface area (Å²) < 4.78 is 0. The zero-order chi connectivity index (χ0) is 8.84. The van der Waals surface area contributed by atoms with Crippen molar-refractivity contribution in [3.63, 3.8) is 0 Å². The lowest BCUT2D eigenvalue weighted by atomic mass is 10.0. The van der Waals surface area contributed by atoms with E-state index in [0.717, 1.165) is 23.4 Å². The number of para-hydroxylation sites is 1. The fourth-order valence-corrected chi connectivity index (χ4v) is 1.75. The van der Waals surface area contributed by atoms with Crippen LogP contribution < -0.4 is 5.73 Å². The zero-order valence-electron chi connectivity index (χ0n) is 7.10. The molecule has 66 valence electrons. The average Bonchev–Trinajstić information content (AvgIpc) is 2.81. The van der Waals surface area contributed by atoms with Gasteiger partial charge < -0.3 is 10.6 Å². The molecule has 0 radical (unpaired) electrons. The first-order valence-electron chi connectivity index (χ1n) is 4.45. The molecule has 1 aliphatic heterocycles. The van der Waals surface area contributed by atoms with Crippen LogP contribution in [0, 0.1) is 5.92 Å². The van der Waals surface area contributed by atoms with E-state index in [1.54, 1.807) is 0 Å². The van der Waals surface area contributed by atoms with Crippen molar-refractivity contribution in [3.8, 4) is 0 Å². The molecule has 1 aromatic rings. The maximum absolute atomic E-state index is 5.84. The van der Waals surface area contributed by atoms with Crippen LogP contribution in [0.5, 0.6) is 0 Å². The highest BCUT2D eigenvalue weighted by atomic mass is 16.7. The predicted octanol–water partition coefficient (Wildman–Crippen LogP) is 1.39. The summed E-state index contributed by atoms with van der Waals surface area (Å²) in [6.07, 6.45) is 1.45. The van der Waals surface area contributed by atoms with Crippen LogP contribution in [0.3, 0.4) is 0 Å². The quantitative estimate of drug-likeness (QED) is 0.654. The van der Waals surface area contributed by atoms with E-state index in [2.05, 4.69) is 5.16 Å². The largest absolute Gasteiger partial charge is 0.398 e. The first kappa shape index (κ1) is 6.95. The number of hydrogen-bond donors (Lipinski definition) is 1. The zero-order valence-corrected chi connectivity index (χ0v) is 7.10. The SMILES string of the molecule is Nc1ccccc1C1=NO[C@@H]2C[C@H]12. The van der Waals surface area contributed by atoms with Crippen molar-refractivity contribution in [3.05, 3.63) is 29.8 Å². The third kappa shape index (κ3) is 0.932. The van der Waals surface area contributed by atoms with Gasteiger partial charge in [0.25, 0.3) is 0 Å². The van der Waals surface area contributed by atoms with Crippen LogP contribution in [0.4, 0.5) is 5.69 Å². The summed E-state index contributed by atoms with van der Waals surface area (Å²) in [6, 6.07) is 7.80. The van der Waals surface area contributed by atoms with Crippen LogP contribution in [-0.2, 0) is 4.84 Å². The van der Waals surface area contributed by atoms with Gasteiger partial charge in [-0.25, -0.2) is 0 Å². The Morgan fingerprint density at radius 3 is 2.85 bits per heavy atom. The van der Waals surface area contributed by atoms with E-state index in [0.29, 0.717) is 12.0 Å². The smallest absolute Gasteiger partial charge is 0.137 e. The summed E-state index contributed by atoms with van der Waals surface area (Å²) in [5.41, 5.74) is 8.70. The summed E-state index contributed by atoms with van der Waals surface area (Å²) in [5.74, 6) is 0.504. The Hall–Kier alpha value is -1.51. The molecule has 0 bridgehead atoms. The Bertz CT molecular complexity index is 386. The van der Waals surface area contributed by atoms with Gasteiger partial charge in [-0.15, -0.1) is 0 Å². The first-order chi connectivity index (χ1) is 6.36. The van der Waals surface area contributed by atoms with E-state index >= 15 is 0 Å². The maximum atomic E-state index is 5.84. The number of rotatable bonds is 1. The Balaban J connectivity index is 2.05. The molecule has 3 rings (SSSR count). The normalized spacial score (nSPS) is 29.1. The van der Waals surface area contributed by atoms with Crippen LogP contribution in [-0.4, -0.2) is 11.8 Å². The van der Waals surface area contributed by atoms with Gasteiger partial charge in [0.15, 0.2) is 0 Å². The van der Waals surface area contributed by atoms with Gasteiger partial charge in [-0.05, 0) is 12.5 Å². The van der Waals surface area contributed by atoms with E-state index < -0.39 is 0 Å². The summed E-state index contributed by atoms with van der Waals surface area (Å²) in [7, 11) is 0. The molecule has 1 heterocycles. The van der Waals surface area contributed by atoms with Gasteiger partial charge in [0.05, 0.1) is 5.71 Å². The number of hydrogen-bond acceptors (Lipinski definition) is 3. The minimum absolute atomic E-state index is 0.342. The summed E-state index contributed by atoms with van der Waals surface area (Å²) >= 11 is 0.